The van der Waals surface area contributed by atoms with Crippen molar-refractivity contribution in [1.82, 2.24) is 4.98 Å². The molecule has 0 saturated carbocycles. The van der Waals surface area contributed by atoms with Crippen molar-refractivity contribution in [3.8, 4) is 0 Å². The number of hydrogen-bond acceptors (Lipinski definition) is 4. The van der Waals surface area contributed by atoms with Crippen molar-refractivity contribution in [3.63, 3.8) is 0 Å². The molecular weight excluding hydrogens is 224 g/mol. The zero-order valence-corrected chi connectivity index (χ0v) is 10.6. The number of rotatable bonds is 4. The topological polar surface area (TPSA) is 73.0 Å². The third-order valence-corrected chi connectivity index (χ3v) is 4.61. The third-order valence-electron chi connectivity index (χ3n) is 2.95. The van der Waals surface area contributed by atoms with Crippen LogP contribution < -0.4 is 5.73 Å². The molecule has 0 spiro atoms. The first-order valence-corrected chi connectivity index (χ1v) is 7.15. The van der Waals surface area contributed by atoms with Crippen LogP contribution in [0.1, 0.15) is 25.5 Å². The molecule has 4 nitrogen and oxygen atoms in total. The van der Waals surface area contributed by atoms with Gasteiger partial charge in [-0.25, -0.2) is 8.42 Å². The van der Waals surface area contributed by atoms with Crippen LogP contribution in [0.4, 0.5) is 0 Å². The lowest BCUT2D eigenvalue weighted by molar-refractivity contribution is 0.516. The Morgan fingerprint density at radius 1 is 1.31 bits per heavy atom. The molecule has 90 valence electrons. The van der Waals surface area contributed by atoms with Gasteiger partial charge in [0.2, 0.25) is 0 Å². The molecule has 0 saturated heterocycles. The Morgan fingerprint density at radius 3 is 2.38 bits per heavy atom. The SMILES string of the molecule is CC(c1ccccn1)C(N)C(C)S(C)(=O)=O. The first-order valence-electron chi connectivity index (χ1n) is 5.19. The van der Waals surface area contributed by atoms with Crippen molar-refractivity contribution in [1.29, 1.82) is 0 Å². The number of aromatic nitrogens is 1. The molecule has 0 aliphatic carbocycles. The van der Waals surface area contributed by atoms with Crippen molar-refractivity contribution >= 4 is 9.84 Å². The van der Waals surface area contributed by atoms with Gasteiger partial charge in [0.15, 0.2) is 9.84 Å². The molecule has 3 atom stereocenters. The minimum atomic E-state index is -3.11. The average molecular weight is 242 g/mol. The molecular formula is C11H18N2O2S. The van der Waals surface area contributed by atoms with Gasteiger partial charge in [-0.2, -0.15) is 0 Å². The van der Waals surface area contributed by atoms with E-state index in [1.165, 1.54) is 6.26 Å². The second kappa shape index (κ2) is 4.93. The summed E-state index contributed by atoms with van der Waals surface area (Å²) < 4.78 is 22.8. The molecule has 0 amide bonds. The van der Waals surface area contributed by atoms with E-state index in [0.717, 1.165) is 5.69 Å². The van der Waals surface area contributed by atoms with Crippen LogP contribution in [0, 0.1) is 0 Å². The first-order chi connectivity index (χ1) is 7.34. The van der Waals surface area contributed by atoms with Gasteiger partial charge < -0.3 is 5.73 Å². The summed E-state index contributed by atoms with van der Waals surface area (Å²) in [7, 11) is -3.11. The lowest BCUT2D eigenvalue weighted by Gasteiger charge is -2.24. The highest BCUT2D eigenvalue weighted by Crippen LogP contribution is 2.20. The zero-order chi connectivity index (χ0) is 12.3. The summed E-state index contributed by atoms with van der Waals surface area (Å²) in [5, 5.41) is -0.565. The number of nitrogens with zero attached hydrogens (tertiary/aromatic N) is 1. The van der Waals surface area contributed by atoms with Crippen LogP contribution in [0.5, 0.6) is 0 Å². The summed E-state index contributed by atoms with van der Waals surface area (Å²) in [6.45, 7) is 3.54. The molecule has 1 aromatic heterocycles. The van der Waals surface area contributed by atoms with E-state index in [2.05, 4.69) is 4.98 Å². The molecule has 1 rings (SSSR count). The molecule has 5 heteroatoms. The van der Waals surface area contributed by atoms with E-state index in [1.807, 2.05) is 25.1 Å². The first kappa shape index (κ1) is 13.1. The lowest BCUT2D eigenvalue weighted by Crippen LogP contribution is -2.41. The normalized spacial score (nSPS) is 17.8. The predicted octanol–water partition coefficient (Wildman–Crippen LogP) is 0.946. The van der Waals surface area contributed by atoms with Gasteiger partial charge in [0.05, 0.1) is 5.25 Å². The molecule has 16 heavy (non-hydrogen) atoms. The summed E-state index contributed by atoms with van der Waals surface area (Å²) in [6.07, 6.45) is 2.90. The Kier molecular flexibility index (Phi) is 4.04. The van der Waals surface area contributed by atoms with Gasteiger partial charge in [0.1, 0.15) is 0 Å². The van der Waals surface area contributed by atoms with Gasteiger partial charge in [-0.15, -0.1) is 0 Å². The maximum atomic E-state index is 11.4. The van der Waals surface area contributed by atoms with Gasteiger partial charge >= 0.3 is 0 Å². The molecule has 0 aliphatic rings. The standard InChI is InChI=1S/C11H18N2O2S/c1-8(10-6-4-5-7-13-10)11(12)9(2)16(3,14)15/h4-9,11H,12H2,1-3H3. The van der Waals surface area contributed by atoms with E-state index < -0.39 is 21.1 Å². The summed E-state index contributed by atoms with van der Waals surface area (Å²) in [4.78, 5) is 4.19. The van der Waals surface area contributed by atoms with Crippen LogP contribution >= 0.6 is 0 Å². The second-order valence-electron chi connectivity index (χ2n) is 4.16. The number of hydrogen-bond donors (Lipinski definition) is 1. The van der Waals surface area contributed by atoms with Crippen molar-refractivity contribution in [2.45, 2.75) is 31.1 Å². The van der Waals surface area contributed by atoms with Crippen molar-refractivity contribution < 1.29 is 8.42 Å². The van der Waals surface area contributed by atoms with E-state index in [1.54, 1.807) is 13.1 Å². The van der Waals surface area contributed by atoms with E-state index >= 15 is 0 Å². The van der Waals surface area contributed by atoms with Gasteiger partial charge in [-0.1, -0.05) is 13.0 Å². The highest BCUT2D eigenvalue weighted by Gasteiger charge is 2.28. The molecule has 3 unspecified atom stereocenters. The zero-order valence-electron chi connectivity index (χ0n) is 9.79. The summed E-state index contributed by atoms with van der Waals surface area (Å²) >= 11 is 0. The van der Waals surface area contributed by atoms with Crippen LogP contribution in [0.2, 0.25) is 0 Å². The predicted molar refractivity (Wildman–Crippen MR) is 64.9 cm³/mol. The van der Waals surface area contributed by atoms with E-state index in [-0.39, 0.29) is 5.92 Å². The molecule has 0 fully saturated rings. The quantitative estimate of drug-likeness (QED) is 0.853. The van der Waals surface area contributed by atoms with E-state index in [0.29, 0.717) is 0 Å². The van der Waals surface area contributed by atoms with Crippen LogP contribution in [-0.4, -0.2) is 30.9 Å². The second-order valence-corrected chi connectivity index (χ2v) is 6.56. The summed E-state index contributed by atoms with van der Waals surface area (Å²) in [6, 6.07) is 5.11. The Labute approximate surface area is 96.8 Å². The van der Waals surface area contributed by atoms with Gasteiger partial charge in [0, 0.05) is 30.1 Å². The lowest BCUT2D eigenvalue weighted by atomic mass is 9.96. The highest BCUT2D eigenvalue weighted by molar-refractivity contribution is 7.91. The molecule has 1 aromatic rings. The van der Waals surface area contributed by atoms with Crippen LogP contribution in [-0.2, 0) is 9.84 Å². The highest BCUT2D eigenvalue weighted by atomic mass is 32.2. The fraction of sp³-hybridized carbons (Fsp3) is 0.545. The smallest absolute Gasteiger partial charge is 0.151 e. The fourth-order valence-corrected chi connectivity index (χ4v) is 2.34. The Morgan fingerprint density at radius 2 is 1.94 bits per heavy atom. The third kappa shape index (κ3) is 3.02. The Bertz CT molecular complexity index is 431. The monoisotopic (exact) mass is 242 g/mol. The van der Waals surface area contributed by atoms with Crippen LogP contribution in [0.3, 0.4) is 0 Å². The number of nitrogens with two attached hydrogens (primary N) is 1. The minimum Gasteiger partial charge on any atom is -0.326 e. The van der Waals surface area contributed by atoms with Crippen molar-refractivity contribution in [2.24, 2.45) is 5.73 Å². The maximum absolute atomic E-state index is 11.4. The minimum absolute atomic E-state index is 0.0778. The Hall–Kier alpha value is -0.940. The maximum Gasteiger partial charge on any atom is 0.151 e. The molecule has 0 aliphatic heterocycles. The van der Waals surface area contributed by atoms with Crippen LogP contribution in [0.15, 0.2) is 24.4 Å². The summed E-state index contributed by atoms with van der Waals surface area (Å²) in [5.41, 5.74) is 6.78. The summed E-state index contributed by atoms with van der Waals surface area (Å²) in [5.74, 6) is -0.0778. The molecule has 0 radical (unpaired) electrons. The molecule has 0 aromatic carbocycles. The number of sulfone groups is 1. The molecule has 2 N–H and O–H groups in total. The molecule has 0 bridgehead atoms. The van der Waals surface area contributed by atoms with Crippen LogP contribution in [0.25, 0.3) is 0 Å². The van der Waals surface area contributed by atoms with E-state index in [9.17, 15) is 8.42 Å². The van der Waals surface area contributed by atoms with Gasteiger partial charge in [-0.05, 0) is 19.1 Å². The Balaban J connectivity index is 2.87. The largest absolute Gasteiger partial charge is 0.326 e. The fourth-order valence-electron chi connectivity index (χ4n) is 1.53. The van der Waals surface area contributed by atoms with Gasteiger partial charge in [-0.3, -0.25) is 4.98 Å². The van der Waals surface area contributed by atoms with Crippen molar-refractivity contribution in [2.75, 3.05) is 6.26 Å². The van der Waals surface area contributed by atoms with Crippen molar-refractivity contribution in [3.05, 3.63) is 30.1 Å². The number of pyridine rings is 1. The van der Waals surface area contributed by atoms with Gasteiger partial charge in [0.25, 0.3) is 0 Å². The van der Waals surface area contributed by atoms with E-state index in [4.69, 9.17) is 5.73 Å². The average Bonchev–Trinajstić information content (AvgIpc) is 2.26. The molecule has 1 heterocycles.